The summed E-state index contributed by atoms with van der Waals surface area (Å²) in [5.41, 5.74) is 0.559. The third-order valence-corrected chi connectivity index (χ3v) is 5.09. The van der Waals surface area contributed by atoms with Crippen LogP contribution in [-0.4, -0.2) is 26.3 Å². The van der Waals surface area contributed by atoms with Gasteiger partial charge in [0.05, 0.1) is 10.6 Å². The zero-order valence-corrected chi connectivity index (χ0v) is 14.1. The highest BCUT2D eigenvalue weighted by Crippen LogP contribution is 2.22. The normalized spacial score (nSPS) is 11.2. The van der Waals surface area contributed by atoms with Crippen molar-refractivity contribution in [3.63, 3.8) is 0 Å². The van der Waals surface area contributed by atoms with E-state index < -0.39 is 9.84 Å². The molecule has 116 valence electrons. The molecule has 2 aromatic carbocycles. The molecule has 0 saturated carbocycles. The molecule has 2 aromatic rings. The Morgan fingerprint density at radius 2 is 1.86 bits per heavy atom. The Hall–Kier alpha value is -1.50. The van der Waals surface area contributed by atoms with Crippen LogP contribution in [0.25, 0.3) is 0 Å². The number of benzene rings is 2. The lowest BCUT2D eigenvalue weighted by molar-refractivity contribution is -0.113. The van der Waals surface area contributed by atoms with Crippen LogP contribution in [-0.2, 0) is 14.6 Å². The van der Waals surface area contributed by atoms with E-state index in [1.165, 1.54) is 23.9 Å². The zero-order valence-electron chi connectivity index (χ0n) is 11.7. The number of nitrogens with one attached hydrogen (secondary N) is 1. The lowest BCUT2D eigenvalue weighted by Crippen LogP contribution is -2.14. The minimum atomic E-state index is -3.23. The molecule has 0 unspecified atom stereocenters. The van der Waals surface area contributed by atoms with Crippen molar-refractivity contribution < 1.29 is 13.2 Å². The number of halogens is 1. The monoisotopic (exact) mass is 355 g/mol. The Morgan fingerprint density at radius 1 is 1.18 bits per heavy atom. The Labute approximate surface area is 138 Å². The molecule has 0 aromatic heterocycles. The van der Waals surface area contributed by atoms with Crippen molar-refractivity contribution in [1.29, 1.82) is 0 Å². The first-order valence-electron chi connectivity index (χ1n) is 6.33. The van der Waals surface area contributed by atoms with Crippen molar-refractivity contribution in [2.45, 2.75) is 9.79 Å². The molecule has 22 heavy (non-hydrogen) atoms. The molecule has 1 N–H and O–H groups in total. The molecule has 0 bridgehead atoms. The highest BCUT2D eigenvalue weighted by Gasteiger charge is 2.08. The summed E-state index contributed by atoms with van der Waals surface area (Å²) in [6.45, 7) is 0. The molecule has 0 saturated heterocycles. The van der Waals surface area contributed by atoms with E-state index in [1.54, 1.807) is 24.3 Å². The molecule has 0 fully saturated rings. The minimum Gasteiger partial charge on any atom is -0.325 e. The van der Waals surface area contributed by atoms with Gasteiger partial charge in [0.25, 0.3) is 0 Å². The van der Waals surface area contributed by atoms with Crippen molar-refractivity contribution in [2.75, 3.05) is 17.3 Å². The number of hydrogen-bond acceptors (Lipinski definition) is 4. The van der Waals surface area contributed by atoms with Gasteiger partial charge in [0.1, 0.15) is 0 Å². The average Bonchev–Trinajstić information content (AvgIpc) is 2.45. The number of carbonyl (C=O) groups excluding carboxylic acids is 1. The summed E-state index contributed by atoms with van der Waals surface area (Å²) in [6, 6.07) is 13.3. The van der Waals surface area contributed by atoms with Gasteiger partial charge < -0.3 is 5.32 Å². The van der Waals surface area contributed by atoms with Crippen LogP contribution in [0, 0.1) is 0 Å². The summed E-state index contributed by atoms with van der Waals surface area (Å²) < 4.78 is 22.7. The number of sulfone groups is 1. The molecule has 0 heterocycles. The Balaban J connectivity index is 1.92. The van der Waals surface area contributed by atoms with Crippen molar-refractivity contribution >= 4 is 44.8 Å². The average molecular weight is 356 g/mol. The summed E-state index contributed by atoms with van der Waals surface area (Å²) in [6.07, 6.45) is 1.14. The maximum atomic E-state index is 11.9. The first-order chi connectivity index (χ1) is 10.3. The first kappa shape index (κ1) is 16.9. The zero-order chi connectivity index (χ0) is 16.2. The molecule has 0 radical (unpaired) electrons. The number of thioether (sulfide) groups is 1. The van der Waals surface area contributed by atoms with Gasteiger partial charge in [-0.05, 0) is 42.5 Å². The van der Waals surface area contributed by atoms with Crippen LogP contribution >= 0.6 is 23.4 Å². The van der Waals surface area contributed by atoms with E-state index in [2.05, 4.69) is 5.32 Å². The third-order valence-electron chi connectivity index (χ3n) is 2.73. The molecule has 0 spiro atoms. The van der Waals surface area contributed by atoms with Crippen LogP contribution in [0.1, 0.15) is 0 Å². The van der Waals surface area contributed by atoms with Gasteiger partial charge in [0.15, 0.2) is 9.84 Å². The number of amides is 1. The number of rotatable bonds is 5. The van der Waals surface area contributed by atoms with Crippen molar-refractivity contribution in [3.05, 3.63) is 53.6 Å². The second kappa shape index (κ2) is 7.17. The SMILES string of the molecule is CS(=O)(=O)c1ccc(NC(=O)CSc2cccc(Cl)c2)cc1. The highest BCUT2D eigenvalue weighted by molar-refractivity contribution is 8.00. The Bertz CT molecular complexity index is 774. The van der Waals surface area contributed by atoms with E-state index >= 15 is 0 Å². The first-order valence-corrected chi connectivity index (χ1v) is 9.58. The topological polar surface area (TPSA) is 63.2 Å². The standard InChI is InChI=1S/C15H14ClNO3S2/c1-22(19,20)14-7-5-12(6-8-14)17-15(18)10-21-13-4-2-3-11(16)9-13/h2-9H,10H2,1H3,(H,17,18). The predicted molar refractivity (Wildman–Crippen MR) is 90.4 cm³/mol. The largest absolute Gasteiger partial charge is 0.325 e. The fraction of sp³-hybridized carbons (Fsp3) is 0.133. The third kappa shape index (κ3) is 5.05. The van der Waals surface area contributed by atoms with Crippen LogP contribution in [0.15, 0.2) is 58.3 Å². The van der Waals surface area contributed by atoms with Gasteiger partial charge in [-0.15, -0.1) is 11.8 Å². The molecule has 0 aliphatic rings. The van der Waals surface area contributed by atoms with E-state index in [1.807, 2.05) is 12.1 Å². The molecule has 1 amide bonds. The van der Waals surface area contributed by atoms with Crippen LogP contribution in [0.5, 0.6) is 0 Å². The van der Waals surface area contributed by atoms with Crippen molar-refractivity contribution in [3.8, 4) is 0 Å². The number of anilines is 1. The second-order valence-electron chi connectivity index (χ2n) is 4.59. The summed E-state index contributed by atoms with van der Waals surface area (Å²) in [7, 11) is -3.23. The van der Waals surface area contributed by atoms with Gasteiger partial charge in [-0.1, -0.05) is 17.7 Å². The van der Waals surface area contributed by atoms with Gasteiger partial charge in [-0.3, -0.25) is 4.79 Å². The van der Waals surface area contributed by atoms with E-state index in [-0.39, 0.29) is 16.6 Å². The fourth-order valence-electron chi connectivity index (χ4n) is 1.69. The summed E-state index contributed by atoms with van der Waals surface area (Å²) in [4.78, 5) is 13.0. The molecule has 0 aliphatic carbocycles. The number of carbonyl (C=O) groups is 1. The summed E-state index contributed by atoms with van der Waals surface area (Å²) >= 11 is 7.26. The lowest BCUT2D eigenvalue weighted by Gasteiger charge is -2.06. The highest BCUT2D eigenvalue weighted by atomic mass is 35.5. The molecule has 7 heteroatoms. The maximum absolute atomic E-state index is 11.9. The molecule has 2 rings (SSSR count). The maximum Gasteiger partial charge on any atom is 0.234 e. The van der Waals surface area contributed by atoms with Crippen molar-refractivity contribution in [2.24, 2.45) is 0 Å². The van der Waals surface area contributed by atoms with Crippen LogP contribution in [0.3, 0.4) is 0 Å². The van der Waals surface area contributed by atoms with E-state index in [0.29, 0.717) is 10.7 Å². The van der Waals surface area contributed by atoms with Gasteiger partial charge >= 0.3 is 0 Å². The van der Waals surface area contributed by atoms with Crippen LogP contribution in [0.2, 0.25) is 5.02 Å². The molecule has 0 aliphatic heterocycles. The quantitative estimate of drug-likeness (QED) is 0.834. The van der Waals surface area contributed by atoms with E-state index in [9.17, 15) is 13.2 Å². The smallest absolute Gasteiger partial charge is 0.234 e. The summed E-state index contributed by atoms with van der Waals surface area (Å²) in [5.74, 6) is 0.0748. The molecular formula is C15H14ClNO3S2. The summed E-state index contributed by atoms with van der Waals surface area (Å²) in [5, 5.41) is 3.34. The Kier molecular flexibility index (Phi) is 5.50. The van der Waals surface area contributed by atoms with Crippen LogP contribution < -0.4 is 5.32 Å². The van der Waals surface area contributed by atoms with Gasteiger partial charge in [0.2, 0.25) is 5.91 Å². The van der Waals surface area contributed by atoms with E-state index in [0.717, 1.165) is 11.2 Å². The second-order valence-corrected chi connectivity index (χ2v) is 8.09. The number of hydrogen-bond donors (Lipinski definition) is 1. The Morgan fingerprint density at radius 3 is 2.45 bits per heavy atom. The van der Waals surface area contributed by atoms with Gasteiger partial charge in [-0.25, -0.2) is 8.42 Å². The fourth-order valence-corrected chi connectivity index (χ4v) is 3.33. The van der Waals surface area contributed by atoms with Gasteiger partial charge in [0, 0.05) is 21.9 Å². The molecule has 4 nitrogen and oxygen atoms in total. The van der Waals surface area contributed by atoms with E-state index in [4.69, 9.17) is 11.6 Å². The predicted octanol–water partition coefficient (Wildman–Crippen LogP) is 3.47. The van der Waals surface area contributed by atoms with Crippen molar-refractivity contribution in [1.82, 2.24) is 0 Å². The van der Waals surface area contributed by atoms with Gasteiger partial charge in [-0.2, -0.15) is 0 Å². The lowest BCUT2D eigenvalue weighted by atomic mass is 10.3. The minimum absolute atomic E-state index is 0.169. The molecular weight excluding hydrogens is 342 g/mol. The van der Waals surface area contributed by atoms with Crippen LogP contribution in [0.4, 0.5) is 5.69 Å². The molecule has 0 atom stereocenters.